The van der Waals surface area contributed by atoms with Crippen molar-refractivity contribution in [2.24, 2.45) is 11.1 Å². The average Bonchev–Trinajstić information content (AvgIpc) is 2.58. The standard InChI is InChI=1S/C11H21N3O3S/c1-8-10(9(2)17-13-8)18(15,16)14(5)7-11(3,4)6-12/h6-7,12H2,1-5H3. The molecular formula is C11H21N3O3S. The Kier molecular flexibility index (Phi) is 4.19. The quantitative estimate of drug-likeness (QED) is 0.862. The number of nitrogens with two attached hydrogens (primary N) is 1. The van der Waals surface area contributed by atoms with Crippen molar-refractivity contribution in [2.75, 3.05) is 20.1 Å². The molecule has 1 aromatic rings. The third-order valence-electron chi connectivity index (χ3n) is 2.84. The van der Waals surface area contributed by atoms with Crippen LogP contribution in [0.15, 0.2) is 9.42 Å². The molecule has 0 atom stereocenters. The molecule has 0 aliphatic heterocycles. The van der Waals surface area contributed by atoms with Crippen molar-refractivity contribution in [3.63, 3.8) is 0 Å². The molecule has 0 radical (unpaired) electrons. The van der Waals surface area contributed by atoms with Gasteiger partial charge in [-0.05, 0) is 25.8 Å². The van der Waals surface area contributed by atoms with Gasteiger partial charge in [0.25, 0.3) is 0 Å². The van der Waals surface area contributed by atoms with Gasteiger partial charge in [0.2, 0.25) is 10.0 Å². The minimum absolute atomic E-state index is 0.151. The normalized spacial score (nSPS) is 13.3. The molecule has 0 aromatic carbocycles. The summed E-state index contributed by atoms with van der Waals surface area (Å²) in [7, 11) is -2.04. The van der Waals surface area contributed by atoms with Gasteiger partial charge in [-0.25, -0.2) is 12.7 Å². The van der Waals surface area contributed by atoms with E-state index < -0.39 is 10.0 Å². The lowest BCUT2D eigenvalue weighted by atomic mass is 9.94. The zero-order chi connectivity index (χ0) is 14.1. The van der Waals surface area contributed by atoms with Gasteiger partial charge in [0.15, 0.2) is 5.76 Å². The van der Waals surface area contributed by atoms with Gasteiger partial charge in [-0.15, -0.1) is 0 Å². The van der Waals surface area contributed by atoms with E-state index in [0.29, 0.717) is 24.5 Å². The summed E-state index contributed by atoms with van der Waals surface area (Å²) < 4.78 is 31.0. The molecule has 0 bridgehead atoms. The Bertz CT molecular complexity index is 500. The second-order valence-corrected chi connectivity index (χ2v) is 7.26. The summed E-state index contributed by atoms with van der Waals surface area (Å²) in [5.41, 5.74) is 5.73. The van der Waals surface area contributed by atoms with Crippen molar-refractivity contribution in [3.05, 3.63) is 11.5 Å². The van der Waals surface area contributed by atoms with Gasteiger partial charge in [0.1, 0.15) is 10.6 Å². The van der Waals surface area contributed by atoms with Crippen LogP contribution >= 0.6 is 0 Å². The first-order valence-corrected chi connectivity index (χ1v) is 7.15. The Morgan fingerprint density at radius 3 is 2.33 bits per heavy atom. The molecule has 18 heavy (non-hydrogen) atoms. The lowest BCUT2D eigenvalue weighted by Crippen LogP contribution is -2.40. The minimum Gasteiger partial charge on any atom is -0.360 e. The van der Waals surface area contributed by atoms with E-state index >= 15 is 0 Å². The number of aromatic nitrogens is 1. The number of hydrogen-bond donors (Lipinski definition) is 1. The molecule has 0 unspecified atom stereocenters. The topological polar surface area (TPSA) is 89.4 Å². The molecule has 0 spiro atoms. The van der Waals surface area contributed by atoms with Crippen molar-refractivity contribution in [1.82, 2.24) is 9.46 Å². The van der Waals surface area contributed by atoms with E-state index in [2.05, 4.69) is 5.16 Å². The summed E-state index contributed by atoms with van der Waals surface area (Å²) in [4.78, 5) is 0.151. The lowest BCUT2D eigenvalue weighted by molar-refractivity contribution is 0.291. The van der Waals surface area contributed by atoms with Crippen LogP contribution < -0.4 is 5.73 Å². The number of aryl methyl sites for hydroxylation is 2. The molecule has 1 aromatic heterocycles. The highest BCUT2D eigenvalue weighted by molar-refractivity contribution is 7.89. The van der Waals surface area contributed by atoms with E-state index in [-0.39, 0.29) is 10.3 Å². The van der Waals surface area contributed by atoms with Gasteiger partial charge in [0.05, 0.1) is 0 Å². The summed E-state index contributed by atoms with van der Waals surface area (Å²) in [6.07, 6.45) is 0. The lowest BCUT2D eigenvalue weighted by Gasteiger charge is -2.28. The first-order valence-electron chi connectivity index (χ1n) is 5.71. The van der Waals surface area contributed by atoms with Gasteiger partial charge in [0, 0.05) is 13.6 Å². The van der Waals surface area contributed by atoms with Crippen LogP contribution in [0.4, 0.5) is 0 Å². The summed E-state index contributed by atoms with van der Waals surface area (Å²) in [5.74, 6) is 0.310. The predicted octanol–water partition coefficient (Wildman–Crippen LogP) is 0.897. The van der Waals surface area contributed by atoms with E-state index in [1.807, 2.05) is 13.8 Å². The Morgan fingerprint density at radius 2 is 1.94 bits per heavy atom. The van der Waals surface area contributed by atoms with Gasteiger partial charge in [-0.1, -0.05) is 19.0 Å². The van der Waals surface area contributed by atoms with Gasteiger partial charge in [-0.2, -0.15) is 0 Å². The maximum absolute atomic E-state index is 12.4. The van der Waals surface area contributed by atoms with Crippen molar-refractivity contribution in [3.8, 4) is 0 Å². The molecule has 7 heteroatoms. The van der Waals surface area contributed by atoms with E-state index in [1.165, 1.54) is 4.31 Å². The van der Waals surface area contributed by atoms with Crippen LogP contribution in [0.1, 0.15) is 25.3 Å². The second-order valence-electron chi connectivity index (χ2n) is 5.28. The second kappa shape index (κ2) is 4.99. The third-order valence-corrected chi connectivity index (χ3v) is 4.89. The first-order chi connectivity index (χ1) is 8.12. The summed E-state index contributed by atoms with van der Waals surface area (Å²) in [6.45, 7) is 7.81. The van der Waals surface area contributed by atoms with Crippen LogP contribution in [0, 0.1) is 19.3 Å². The average molecular weight is 275 g/mol. The van der Waals surface area contributed by atoms with Crippen LogP contribution in [0.5, 0.6) is 0 Å². The van der Waals surface area contributed by atoms with E-state index in [9.17, 15) is 8.42 Å². The Morgan fingerprint density at radius 1 is 1.39 bits per heavy atom. The van der Waals surface area contributed by atoms with Crippen LogP contribution in [0.25, 0.3) is 0 Å². The third kappa shape index (κ3) is 2.90. The first kappa shape index (κ1) is 15.1. The molecule has 0 fully saturated rings. The molecule has 0 saturated carbocycles. The highest BCUT2D eigenvalue weighted by Gasteiger charge is 2.31. The van der Waals surface area contributed by atoms with Crippen LogP contribution in [0.2, 0.25) is 0 Å². The fourth-order valence-corrected chi connectivity index (χ4v) is 3.39. The summed E-state index contributed by atoms with van der Waals surface area (Å²) in [6, 6.07) is 0. The minimum atomic E-state index is -3.58. The SMILES string of the molecule is Cc1noc(C)c1S(=O)(=O)N(C)CC(C)(C)CN. The van der Waals surface area contributed by atoms with Gasteiger partial charge in [-0.3, -0.25) is 0 Å². The maximum atomic E-state index is 12.4. The number of hydrogen-bond acceptors (Lipinski definition) is 5. The van der Waals surface area contributed by atoms with Crippen LogP contribution in [0.3, 0.4) is 0 Å². The molecule has 1 rings (SSSR count). The highest BCUT2D eigenvalue weighted by Crippen LogP contribution is 2.25. The van der Waals surface area contributed by atoms with Gasteiger partial charge < -0.3 is 10.3 Å². The van der Waals surface area contributed by atoms with E-state index in [1.54, 1.807) is 20.9 Å². The monoisotopic (exact) mass is 275 g/mol. The number of sulfonamides is 1. The van der Waals surface area contributed by atoms with Crippen LogP contribution in [-0.4, -0.2) is 38.0 Å². The molecule has 1 heterocycles. The molecule has 0 amide bonds. The van der Waals surface area contributed by atoms with Gasteiger partial charge >= 0.3 is 0 Å². The molecule has 0 saturated heterocycles. The number of nitrogens with zero attached hydrogens (tertiary/aromatic N) is 2. The molecule has 6 nitrogen and oxygen atoms in total. The van der Waals surface area contributed by atoms with E-state index in [4.69, 9.17) is 10.3 Å². The summed E-state index contributed by atoms with van der Waals surface area (Å²) >= 11 is 0. The zero-order valence-corrected chi connectivity index (χ0v) is 12.3. The maximum Gasteiger partial charge on any atom is 0.248 e. The number of rotatable bonds is 5. The Labute approximate surface area is 108 Å². The molecule has 0 aliphatic carbocycles. The van der Waals surface area contributed by atoms with Crippen molar-refractivity contribution < 1.29 is 12.9 Å². The molecular weight excluding hydrogens is 254 g/mol. The van der Waals surface area contributed by atoms with Crippen molar-refractivity contribution in [1.29, 1.82) is 0 Å². The van der Waals surface area contributed by atoms with Crippen LogP contribution in [-0.2, 0) is 10.0 Å². The van der Waals surface area contributed by atoms with Crippen molar-refractivity contribution >= 4 is 10.0 Å². The molecule has 0 aliphatic rings. The fourth-order valence-electron chi connectivity index (χ4n) is 1.75. The van der Waals surface area contributed by atoms with Crippen molar-refractivity contribution in [2.45, 2.75) is 32.6 Å². The fraction of sp³-hybridized carbons (Fsp3) is 0.727. The molecule has 104 valence electrons. The predicted molar refractivity (Wildman–Crippen MR) is 68.6 cm³/mol. The molecule has 2 N–H and O–H groups in total. The highest BCUT2D eigenvalue weighted by atomic mass is 32.2. The Balaban J connectivity index is 3.09. The Hall–Kier alpha value is -0.920. The zero-order valence-electron chi connectivity index (χ0n) is 11.5. The van der Waals surface area contributed by atoms with E-state index in [0.717, 1.165) is 0 Å². The largest absolute Gasteiger partial charge is 0.360 e. The smallest absolute Gasteiger partial charge is 0.248 e. The summed E-state index contributed by atoms with van der Waals surface area (Å²) in [5, 5.41) is 3.68.